The fourth-order valence-electron chi connectivity index (χ4n) is 2.39. The van der Waals surface area contributed by atoms with Crippen LogP contribution in [-0.2, 0) is 22.6 Å². The molecule has 0 aromatic heterocycles. The topological polar surface area (TPSA) is 59.6 Å². The lowest BCUT2D eigenvalue weighted by Gasteiger charge is -2.19. The molecule has 0 aliphatic carbocycles. The van der Waals surface area contributed by atoms with E-state index in [9.17, 15) is 4.79 Å². The van der Waals surface area contributed by atoms with Gasteiger partial charge in [0.1, 0.15) is 0 Å². The first-order chi connectivity index (χ1) is 10.9. The summed E-state index contributed by atoms with van der Waals surface area (Å²) >= 11 is 0. The smallest absolute Gasteiger partial charge is 0.315 e. The first-order valence-electron chi connectivity index (χ1n) is 8.27. The minimum Gasteiger partial charge on any atom is -0.376 e. The standard InChI is InChI=1S/C18H28N2O3/c1-18(2,3)23-13-15-7-4-6-14(10-15)11-19-17(21)20-12-16-8-5-9-22-16/h4,6-7,10,16H,5,8-9,11-13H2,1-3H3,(H2,19,20,21)/t16-/m1/s1. The molecule has 5 heteroatoms. The molecule has 2 amide bonds. The lowest BCUT2D eigenvalue weighted by atomic mass is 10.1. The number of hydrogen-bond acceptors (Lipinski definition) is 3. The van der Waals surface area contributed by atoms with Gasteiger partial charge in [-0.3, -0.25) is 0 Å². The summed E-state index contributed by atoms with van der Waals surface area (Å²) in [6, 6.07) is 7.93. The number of ether oxygens (including phenoxy) is 2. The van der Waals surface area contributed by atoms with Crippen molar-refractivity contribution in [3.05, 3.63) is 35.4 Å². The Balaban J connectivity index is 1.73. The highest BCUT2D eigenvalue weighted by molar-refractivity contribution is 5.73. The number of carbonyl (C=O) groups is 1. The van der Waals surface area contributed by atoms with Crippen molar-refractivity contribution in [3.63, 3.8) is 0 Å². The summed E-state index contributed by atoms with van der Waals surface area (Å²) in [5.41, 5.74) is 2.02. The molecule has 2 rings (SSSR count). The molecule has 0 bridgehead atoms. The third-order valence-corrected chi connectivity index (χ3v) is 3.63. The molecule has 0 saturated carbocycles. The first kappa shape index (κ1) is 17.8. The van der Waals surface area contributed by atoms with Crippen molar-refractivity contribution >= 4 is 6.03 Å². The lowest BCUT2D eigenvalue weighted by Crippen LogP contribution is -2.39. The van der Waals surface area contributed by atoms with Gasteiger partial charge in [-0.2, -0.15) is 0 Å². The highest BCUT2D eigenvalue weighted by atomic mass is 16.5. The van der Waals surface area contributed by atoms with E-state index in [1.165, 1.54) is 0 Å². The van der Waals surface area contributed by atoms with E-state index < -0.39 is 0 Å². The summed E-state index contributed by atoms with van der Waals surface area (Å²) in [5.74, 6) is 0. The zero-order valence-electron chi connectivity index (χ0n) is 14.4. The average Bonchev–Trinajstić information content (AvgIpc) is 3.02. The van der Waals surface area contributed by atoms with Crippen molar-refractivity contribution in [1.82, 2.24) is 10.6 Å². The van der Waals surface area contributed by atoms with Gasteiger partial charge in [-0.15, -0.1) is 0 Å². The van der Waals surface area contributed by atoms with Gasteiger partial charge in [0.2, 0.25) is 0 Å². The number of hydrogen-bond donors (Lipinski definition) is 2. The molecular formula is C18H28N2O3. The third kappa shape index (κ3) is 7.01. The quantitative estimate of drug-likeness (QED) is 0.847. The fourth-order valence-corrected chi connectivity index (χ4v) is 2.39. The molecular weight excluding hydrogens is 292 g/mol. The second-order valence-electron chi connectivity index (χ2n) is 6.92. The highest BCUT2D eigenvalue weighted by Gasteiger charge is 2.16. The predicted molar refractivity (Wildman–Crippen MR) is 90.2 cm³/mol. The van der Waals surface area contributed by atoms with E-state index in [0.29, 0.717) is 19.7 Å². The summed E-state index contributed by atoms with van der Waals surface area (Å²) in [4.78, 5) is 11.8. The molecule has 5 nitrogen and oxygen atoms in total. The second kappa shape index (κ2) is 8.31. The Morgan fingerprint density at radius 3 is 2.78 bits per heavy atom. The van der Waals surface area contributed by atoms with Crippen LogP contribution in [0.25, 0.3) is 0 Å². The molecule has 0 unspecified atom stereocenters. The summed E-state index contributed by atoms with van der Waals surface area (Å²) in [7, 11) is 0. The van der Waals surface area contributed by atoms with E-state index in [-0.39, 0.29) is 17.7 Å². The Bertz CT molecular complexity index is 505. The zero-order chi connectivity index (χ0) is 16.7. The van der Waals surface area contributed by atoms with Gasteiger partial charge in [0.25, 0.3) is 0 Å². The molecule has 0 radical (unpaired) electrons. The maximum absolute atomic E-state index is 11.8. The highest BCUT2D eigenvalue weighted by Crippen LogP contribution is 2.13. The van der Waals surface area contributed by atoms with Crippen molar-refractivity contribution in [2.45, 2.75) is 58.5 Å². The molecule has 0 spiro atoms. The summed E-state index contributed by atoms with van der Waals surface area (Å²) in [5, 5.41) is 5.73. The molecule has 1 atom stereocenters. The number of rotatable bonds is 6. The molecule has 23 heavy (non-hydrogen) atoms. The van der Waals surface area contributed by atoms with Crippen LogP contribution < -0.4 is 10.6 Å². The van der Waals surface area contributed by atoms with Gasteiger partial charge in [-0.1, -0.05) is 24.3 Å². The van der Waals surface area contributed by atoms with Crippen molar-refractivity contribution in [1.29, 1.82) is 0 Å². The van der Waals surface area contributed by atoms with Gasteiger partial charge >= 0.3 is 6.03 Å². The monoisotopic (exact) mass is 320 g/mol. The number of amides is 2. The molecule has 1 aromatic rings. The third-order valence-electron chi connectivity index (χ3n) is 3.63. The lowest BCUT2D eigenvalue weighted by molar-refractivity contribution is -0.0149. The Labute approximate surface area is 138 Å². The predicted octanol–water partition coefficient (Wildman–Crippen LogP) is 2.98. The molecule has 1 saturated heterocycles. The van der Waals surface area contributed by atoms with Crippen LogP contribution >= 0.6 is 0 Å². The summed E-state index contributed by atoms with van der Waals surface area (Å²) < 4.78 is 11.3. The first-order valence-corrected chi connectivity index (χ1v) is 8.27. The summed E-state index contributed by atoms with van der Waals surface area (Å²) in [6.45, 7) is 8.57. The Morgan fingerprint density at radius 1 is 1.30 bits per heavy atom. The number of carbonyl (C=O) groups excluding carboxylic acids is 1. The Kier molecular flexibility index (Phi) is 6.42. The van der Waals surface area contributed by atoms with E-state index in [1.807, 2.05) is 39.0 Å². The van der Waals surface area contributed by atoms with Gasteiger partial charge in [-0.25, -0.2) is 4.79 Å². The molecule has 2 N–H and O–H groups in total. The van der Waals surface area contributed by atoms with Crippen LogP contribution in [0.2, 0.25) is 0 Å². The average molecular weight is 320 g/mol. The van der Waals surface area contributed by atoms with E-state index >= 15 is 0 Å². The summed E-state index contributed by atoms with van der Waals surface area (Å²) in [6.07, 6.45) is 2.27. The van der Waals surface area contributed by atoms with Gasteiger partial charge in [-0.05, 0) is 44.7 Å². The molecule has 1 heterocycles. The second-order valence-corrected chi connectivity index (χ2v) is 6.92. The van der Waals surface area contributed by atoms with Gasteiger partial charge in [0, 0.05) is 19.7 Å². The number of urea groups is 1. The molecule has 1 aromatic carbocycles. The zero-order valence-corrected chi connectivity index (χ0v) is 14.4. The van der Waals surface area contributed by atoms with Crippen LogP contribution in [0, 0.1) is 0 Å². The molecule has 1 aliphatic rings. The van der Waals surface area contributed by atoms with Gasteiger partial charge < -0.3 is 20.1 Å². The van der Waals surface area contributed by atoms with Crippen molar-refractivity contribution < 1.29 is 14.3 Å². The molecule has 1 fully saturated rings. The minimum atomic E-state index is -0.156. The fraction of sp³-hybridized carbons (Fsp3) is 0.611. The van der Waals surface area contributed by atoms with E-state index in [0.717, 1.165) is 30.6 Å². The van der Waals surface area contributed by atoms with E-state index in [1.54, 1.807) is 0 Å². The van der Waals surface area contributed by atoms with E-state index in [4.69, 9.17) is 9.47 Å². The maximum atomic E-state index is 11.8. The van der Waals surface area contributed by atoms with Crippen LogP contribution in [0.15, 0.2) is 24.3 Å². The normalized spacial score (nSPS) is 18.0. The van der Waals surface area contributed by atoms with Crippen LogP contribution in [0.5, 0.6) is 0 Å². The van der Waals surface area contributed by atoms with Crippen molar-refractivity contribution in [2.24, 2.45) is 0 Å². The largest absolute Gasteiger partial charge is 0.376 e. The van der Waals surface area contributed by atoms with Gasteiger partial charge in [0.05, 0.1) is 18.3 Å². The van der Waals surface area contributed by atoms with Crippen molar-refractivity contribution in [3.8, 4) is 0 Å². The SMILES string of the molecule is CC(C)(C)OCc1cccc(CNC(=O)NC[C@H]2CCCO2)c1. The van der Waals surface area contributed by atoms with Crippen LogP contribution in [0.4, 0.5) is 4.79 Å². The van der Waals surface area contributed by atoms with Crippen LogP contribution in [0.1, 0.15) is 44.7 Å². The van der Waals surface area contributed by atoms with E-state index in [2.05, 4.69) is 16.7 Å². The maximum Gasteiger partial charge on any atom is 0.315 e. The Hall–Kier alpha value is -1.59. The van der Waals surface area contributed by atoms with Crippen LogP contribution in [0.3, 0.4) is 0 Å². The number of benzene rings is 1. The number of nitrogens with one attached hydrogen (secondary N) is 2. The molecule has 1 aliphatic heterocycles. The molecule has 128 valence electrons. The Morgan fingerprint density at radius 2 is 2.09 bits per heavy atom. The van der Waals surface area contributed by atoms with Gasteiger partial charge in [0.15, 0.2) is 0 Å². The van der Waals surface area contributed by atoms with Crippen molar-refractivity contribution in [2.75, 3.05) is 13.2 Å². The van der Waals surface area contributed by atoms with Crippen LogP contribution in [-0.4, -0.2) is 30.9 Å². The minimum absolute atomic E-state index is 0.156.